The van der Waals surface area contributed by atoms with Crippen LogP contribution < -0.4 is 5.73 Å². The number of nitrogen functional groups attached to an aromatic ring is 1. The summed E-state index contributed by atoms with van der Waals surface area (Å²) < 4.78 is 1.31. The molecular formula is C11H11NS2. The highest BCUT2D eigenvalue weighted by atomic mass is 32.2. The van der Waals surface area contributed by atoms with E-state index >= 15 is 0 Å². The van der Waals surface area contributed by atoms with Gasteiger partial charge in [-0.1, -0.05) is 17.8 Å². The molecule has 1 heterocycles. The van der Waals surface area contributed by atoms with Gasteiger partial charge in [-0.05, 0) is 42.1 Å². The molecule has 0 atom stereocenters. The van der Waals surface area contributed by atoms with Crippen molar-refractivity contribution in [3.8, 4) is 0 Å². The Morgan fingerprint density at radius 2 is 2.14 bits per heavy atom. The molecule has 0 saturated heterocycles. The van der Waals surface area contributed by atoms with Crippen LogP contribution in [0.15, 0.2) is 44.8 Å². The second-order valence-corrected chi connectivity index (χ2v) is 5.37. The van der Waals surface area contributed by atoms with Crippen LogP contribution >= 0.6 is 23.1 Å². The van der Waals surface area contributed by atoms with Gasteiger partial charge >= 0.3 is 0 Å². The van der Waals surface area contributed by atoms with Gasteiger partial charge < -0.3 is 5.73 Å². The molecule has 14 heavy (non-hydrogen) atoms. The Morgan fingerprint density at radius 1 is 1.29 bits per heavy atom. The van der Waals surface area contributed by atoms with Gasteiger partial charge in [0.25, 0.3) is 0 Å². The number of thiophene rings is 1. The molecule has 0 spiro atoms. The molecule has 0 bridgehead atoms. The van der Waals surface area contributed by atoms with Crippen LogP contribution in [0.25, 0.3) is 0 Å². The molecule has 0 amide bonds. The highest BCUT2D eigenvalue weighted by molar-refractivity contribution is 8.01. The van der Waals surface area contributed by atoms with Crippen molar-refractivity contribution >= 4 is 28.8 Å². The fourth-order valence-electron chi connectivity index (χ4n) is 1.15. The summed E-state index contributed by atoms with van der Waals surface area (Å²) in [5.41, 5.74) is 7.76. The lowest BCUT2D eigenvalue weighted by molar-refractivity contribution is 1.36. The average Bonchev–Trinajstić information content (AvgIpc) is 2.64. The number of anilines is 1. The van der Waals surface area contributed by atoms with Gasteiger partial charge in [-0.2, -0.15) is 0 Å². The summed E-state index contributed by atoms with van der Waals surface area (Å²) in [6, 6.07) is 10.3. The lowest BCUT2D eigenvalue weighted by Crippen LogP contribution is -1.88. The van der Waals surface area contributed by atoms with Crippen LogP contribution in [0.1, 0.15) is 5.56 Å². The molecule has 0 aliphatic rings. The fourth-order valence-corrected chi connectivity index (χ4v) is 3.00. The highest BCUT2D eigenvalue weighted by Crippen LogP contribution is 2.32. The summed E-state index contributed by atoms with van der Waals surface area (Å²) in [4.78, 5) is 1.25. The van der Waals surface area contributed by atoms with Gasteiger partial charge in [0.15, 0.2) is 0 Å². The zero-order valence-corrected chi connectivity index (χ0v) is 9.49. The van der Waals surface area contributed by atoms with Gasteiger partial charge in [0.2, 0.25) is 0 Å². The first-order chi connectivity index (χ1) is 6.75. The molecule has 2 rings (SSSR count). The van der Waals surface area contributed by atoms with Crippen molar-refractivity contribution in [1.82, 2.24) is 0 Å². The van der Waals surface area contributed by atoms with Crippen LogP contribution in [0.4, 0.5) is 5.69 Å². The Balaban J connectivity index is 2.22. The van der Waals surface area contributed by atoms with Gasteiger partial charge in [-0.25, -0.2) is 0 Å². The molecule has 2 N–H and O–H groups in total. The van der Waals surface area contributed by atoms with Crippen molar-refractivity contribution in [3.05, 3.63) is 41.3 Å². The summed E-state index contributed by atoms with van der Waals surface area (Å²) in [6.07, 6.45) is 0. The van der Waals surface area contributed by atoms with E-state index in [1.54, 1.807) is 23.1 Å². The predicted octanol–water partition coefficient (Wildman–Crippen LogP) is 3.79. The van der Waals surface area contributed by atoms with Crippen molar-refractivity contribution in [3.63, 3.8) is 0 Å². The zero-order chi connectivity index (χ0) is 9.97. The molecule has 1 aromatic carbocycles. The van der Waals surface area contributed by atoms with Crippen molar-refractivity contribution < 1.29 is 0 Å². The molecule has 0 aliphatic heterocycles. The maximum absolute atomic E-state index is 5.76. The Hall–Kier alpha value is -0.930. The van der Waals surface area contributed by atoms with E-state index in [-0.39, 0.29) is 0 Å². The minimum Gasteiger partial charge on any atom is -0.399 e. The molecule has 0 radical (unpaired) electrons. The van der Waals surface area contributed by atoms with Crippen LogP contribution in [0.5, 0.6) is 0 Å². The van der Waals surface area contributed by atoms with Gasteiger partial charge in [-0.3, -0.25) is 0 Å². The second-order valence-electron chi connectivity index (χ2n) is 3.05. The third-order valence-electron chi connectivity index (χ3n) is 1.95. The van der Waals surface area contributed by atoms with E-state index in [2.05, 4.69) is 29.6 Å². The molecule has 2 aromatic rings. The van der Waals surface area contributed by atoms with Crippen molar-refractivity contribution in [2.45, 2.75) is 16.0 Å². The van der Waals surface area contributed by atoms with Gasteiger partial charge in [0.1, 0.15) is 0 Å². The standard InChI is InChI=1S/C11H11NS2/c1-8-7-9(4-5-10(8)12)14-11-3-2-6-13-11/h2-7H,12H2,1H3. The molecule has 72 valence electrons. The maximum atomic E-state index is 5.76. The molecule has 0 saturated carbocycles. The number of benzene rings is 1. The van der Waals surface area contributed by atoms with E-state index in [1.165, 1.54) is 9.10 Å². The predicted molar refractivity (Wildman–Crippen MR) is 64.0 cm³/mol. The van der Waals surface area contributed by atoms with E-state index in [0.717, 1.165) is 11.3 Å². The fraction of sp³-hybridized carbons (Fsp3) is 0.0909. The number of hydrogen-bond acceptors (Lipinski definition) is 3. The van der Waals surface area contributed by atoms with E-state index in [9.17, 15) is 0 Å². The molecule has 1 aromatic heterocycles. The van der Waals surface area contributed by atoms with Gasteiger partial charge in [0, 0.05) is 10.6 Å². The summed E-state index contributed by atoms with van der Waals surface area (Å²) >= 11 is 3.54. The Bertz CT molecular complexity index is 421. The summed E-state index contributed by atoms with van der Waals surface area (Å²) in [6.45, 7) is 2.04. The molecular weight excluding hydrogens is 210 g/mol. The van der Waals surface area contributed by atoms with E-state index in [0.29, 0.717) is 0 Å². The molecule has 3 heteroatoms. The second kappa shape index (κ2) is 4.07. The number of nitrogens with two attached hydrogens (primary N) is 1. The largest absolute Gasteiger partial charge is 0.399 e. The van der Waals surface area contributed by atoms with Crippen molar-refractivity contribution in [2.24, 2.45) is 0 Å². The molecule has 0 unspecified atom stereocenters. The van der Waals surface area contributed by atoms with Crippen LogP contribution in [0, 0.1) is 6.92 Å². The molecule has 1 nitrogen and oxygen atoms in total. The Labute approximate surface area is 92.0 Å². The first-order valence-electron chi connectivity index (χ1n) is 4.33. The van der Waals surface area contributed by atoms with Gasteiger partial charge in [-0.15, -0.1) is 11.3 Å². The topological polar surface area (TPSA) is 26.0 Å². The van der Waals surface area contributed by atoms with E-state index < -0.39 is 0 Å². The third kappa shape index (κ3) is 2.11. The van der Waals surface area contributed by atoms with Crippen LogP contribution in [-0.2, 0) is 0 Å². The normalized spacial score (nSPS) is 10.4. The van der Waals surface area contributed by atoms with Crippen LogP contribution in [0.2, 0.25) is 0 Å². The van der Waals surface area contributed by atoms with Crippen LogP contribution in [-0.4, -0.2) is 0 Å². The lowest BCUT2D eigenvalue weighted by Gasteiger charge is -2.02. The van der Waals surface area contributed by atoms with Crippen molar-refractivity contribution in [1.29, 1.82) is 0 Å². The SMILES string of the molecule is Cc1cc(Sc2cccs2)ccc1N. The highest BCUT2D eigenvalue weighted by Gasteiger charge is 1.99. The summed E-state index contributed by atoms with van der Waals surface area (Å²) in [7, 11) is 0. The minimum atomic E-state index is 0.862. The number of hydrogen-bond donors (Lipinski definition) is 1. The molecule has 0 aliphatic carbocycles. The monoisotopic (exact) mass is 221 g/mol. The average molecular weight is 221 g/mol. The number of aryl methyl sites for hydroxylation is 1. The van der Waals surface area contributed by atoms with Crippen molar-refractivity contribution in [2.75, 3.05) is 5.73 Å². The minimum absolute atomic E-state index is 0.862. The Kier molecular flexibility index (Phi) is 2.79. The quantitative estimate of drug-likeness (QED) is 0.781. The third-order valence-corrected chi connectivity index (χ3v) is 3.98. The first-order valence-corrected chi connectivity index (χ1v) is 6.03. The summed E-state index contributed by atoms with van der Waals surface area (Å²) in [5.74, 6) is 0. The van der Waals surface area contributed by atoms with Crippen LogP contribution in [0.3, 0.4) is 0 Å². The Morgan fingerprint density at radius 3 is 2.79 bits per heavy atom. The summed E-state index contributed by atoms with van der Waals surface area (Å²) in [5, 5.41) is 2.09. The lowest BCUT2D eigenvalue weighted by atomic mass is 10.2. The molecule has 0 fully saturated rings. The number of rotatable bonds is 2. The zero-order valence-electron chi connectivity index (χ0n) is 7.86. The van der Waals surface area contributed by atoms with Gasteiger partial charge in [0.05, 0.1) is 4.21 Å². The van der Waals surface area contributed by atoms with E-state index in [1.807, 2.05) is 13.0 Å². The smallest absolute Gasteiger partial charge is 0.0646 e. The maximum Gasteiger partial charge on any atom is 0.0646 e. The first kappa shape index (κ1) is 9.62. The van der Waals surface area contributed by atoms with E-state index in [4.69, 9.17) is 5.73 Å².